The minimum absolute atomic E-state index is 0.130. The molecule has 6 nitrogen and oxygen atoms in total. The summed E-state index contributed by atoms with van der Waals surface area (Å²) in [4.78, 5) is 36.8. The molecule has 25 heavy (non-hydrogen) atoms. The Hall–Kier alpha value is -2.89. The number of methoxy groups -OCH3 is 1. The van der Waals surface area contributed by atoms with Crippen LogP contribution in [0.1, 0.15) is 32.7 Å². The van der Waals surface area contributed by atoms with Crippen LogP contribution in [0.3, 0.4) is 0 Å². The number of hydrogen-bond acceptors (Lipinski definition) is 5. The van der Waals surface area contributed by atoms with Crippen LogP contribution in [0.15, 0.2) is 51.9 Å². The largest absolute Gasteiger partial charge is 0.465 e. The third kappa shape index (κ3) is 3.96. The first-order valence-corrected chi connectivity index (χ1v) is 8.12. The smallest absolute Gasteiger partial charge is 0.337 e. The van der Waals surface area contributed by atoms with Crippen molar-refractivity contribution in [1.29, 1.82) is 0 Å². The maximum Gasteiger partial charge on any atom is 0.337 e. The van der Waals surface area contributed by atoms with Crippen LogP contribution >= 0.6 is 0 Å². The van der Waals surface area contributed by atoms with Crippen molar-refractivity contribution in [2.75, 3.05) is 20.2 Å². The van der Waals surface area contributed by atoms with Gasteiger partial charge in [-0.2, -0.15) is 0 Å². The lowest BCUT2D eigenvalue weighted by molar-refractivity contribution is 0.0600. The van der Waals surface area contributed by atoms with E-state index in [1.807, 2.05) is 18.2 Å². The average Bonchev–Trinajstić information content (AvgIpc) is 3.09. The monoisotopic (exact) mass is 341 g/mol. The Morgan fingerprint density at radius 2 is 2.08 bits per heavy atom. The molecule has 0 spiro atoms. The number of rotatable bonds is 4. The van der Waals surface area contributed by atoms with Crippen LogP contribution in [0.2, 0.25) is 0 Å². The van der Waals surface area contributed by atoms with Gasteiger partial charge in [0.2, 0.25) is 0 Å². The summed E-state index contributed by atoms with van der Waals surface area (Å²) in [5, 5.41) is 0. The van der Waals surface area contributed by atoms with Crippen LogP contribution in [0.5, 0.6) is 0 Å². The van der Waals surface area contributed by atoms with Gasteiger partial charge in [-0.05, 0) is 42.5 Å². The zero-order chi connectivity index (χ0) is 17.8. The van der Waals surface area contributed by atoms with Gasteiger partial charge in [-0.25, -0.2) is 9.59 Å². The Labute approximate surface area is 145 Å². The van der Waals surface area contributed by atoms with Crippen LogP contribution in [-0.4, -0.2) is 37.0 Å². The molecule has 6 heteroatoms. The molecule has 1 fully saturated rings. The highest BCUT2D eigenvalue weighted by Crippen LogP contribution is 2.23. The first-order valence-electron chi connectivity index (χ1n) is 8.12. The van der Waals surface area contributed by atoms with Crippen molar-refractivity contribution >= 4 is 11.9 Å². The Morgan fingerprint density at radius 1 is 1.24 bits per heavy atom. The third-order valence-corrected chi connectivity index (χ3v) is 4.39. The topological polar surface area (TPSA) is 76.8 Å². The molecule has 2 aromatic rings. The number of hydrogen-bond donors (Lipinski definition) is 0. The number of carbonyl (C=O) groups is 2. The van der Waals surface area contributed by atoms with Crippen LogP contribution in [0, 0.1) is 5.92 Å². The summed E-state index contributed by atoms with van der Waals surface area (Å²) in [7, 11) is 1.36. The highest BCUT2D eigenvalue weighted by atomic mass is 16.5. The predicted molar refractivity (Wildman–Crippen MR) is 90.5 cm³/mol. The molecule has 1 aromatic heterocycles. The second-order valence-corrected chi connectivity index (χ2v) is 6.15. The second-order valence-electron chi connectivity index (χ2n) is 6.15. The van der Waals surface area contributed by atoms with Gasteiger partial charge in [-0.3, -0.25) is 4.79 Å². The van der Waals surface area contributed by atoms with Crippen LogP contribution in [-0.2, 0) is 11.2 Å². The summed E-state index contributed by atoms with van der Waals surface area (Å²) in [6.07, 6.45) is 2.89. The summed E-state index contributed by atoms with van der Waals surface area (Å²) in [6.45, 7) is 1.31. The Balaban J connectivity index is 1.63. The zero-order valence-electron chi connectivity index (χ0n) is 13.9. The summed E-state index contributed by atoms with van der Waals surface area (Å²) in [5.74, 6) is -0.155. The van der Waals surface area contributed by atoms with E-state index in [1.165, 1.54) is 25.5 Å². The molecular weight excluding hydrogens is 322 g/mol. The molecule has 1 aliphatic heterocycles. The summed E-state index contributed by atoms with van der Waals surface area (Å²) in [6, 6.07) is 10.1. The van der Waals surface area contributed by atoms with Gasteiger partial charge in [0.15, 0.2) is 0 Å². The fourth-order valence-electron chi connectivity index (χ4n) is 3.12. The molecule has 1 amide bonds. The zero-order valence-corrected chi connectivity index (χ0v) is 13.9. The van der Waals surface area contributed by atoms with Gasteiger partial charge in [-0.1, -0.05) is 12.1 Å². The minimum atomic E-state index is -0.471. The maximum absolute atomic E-state index is 12.4. The van der Waals surface area contributed by atoms with E-state index in [0.717, 1.165) is 18.4 Å². The molecule has 1 aliphatic rings. The van der Waals surface area contributed by atoms with Crippen LogP contribution in [0.4, 0.5) is 0 Å². The van der Waals surface area contributed by atoms with Crippen molar-refractivity contribution < 1.29 is 18.7 Å². The molecule has 130 valence electrons. The number of nitrogens with zero attached hydrogens (tertiary/aromatic N) is 1. The number of carbonyl (C=O) groups excluding carboxylic acids is 2. The lowest BCUT2D eigenvalue weighted by atomic mass is 9.97. The highest BCUT2D eigenvalue weighted by molar-refractivity contribution is 5.93. The van der Waals surface area contributed by atoms with E-state index in [4.69, 9.17) is 9.15 Å². The molecule has 0 saturated carbocycles. The van der Waals surface area contributed by atoms with Gasteiger partial charge < -0.3 is 14.1 Å². The number of amides is 1. The molecule has 0 radical (unpaired) electrons. The van der Waals surface area contributed by atoms with Crippen molar-refractivity contribution in [3.05, 3.63) is 69.8 Å². The van der Waals surface area contributed by atoms with E-state index < -0.39 is 5.63 Å². The fourth-order valence-corrected chi connectivity index (χ4v) is 3.12. The number of ether oxygens (including phenoxy) is 1. The Morgan fingerprint density at radius 3 is 2.80 bits per heavy atom. The van der Waals surface area contributed by atoms with Crippen molar-refractivity contribution in [1.82, 2.24) is 4.90 Å². The SMILES string of the molecule is COC(=O)c1cccc(CC2CCN(C(=O)c3ccc(=O)oc3)C2)c1. The van der Waals surface area contributed by atoms with Gasteiger partial charge >= 0.3 is 11.6 Å². The van der Waals surface area contributed by atoms with E-state index in [1.54, 1.807) is 11.0 Å². The van der Waals surface area contributed by atoms with E-state index >= 15 is 0 Å². The molecule has 1 atom stereocenters. The normalized spacial score (nSPS) is 16.7. The molecule has 2 heterocycles. The molecule has 0 bridgehead atoms. The number of esters is 1. The van der Waals surface area contributed by atoms with Crippen molar-refractivity contribution in [3.63, 3.8) is 0 Å². The maximum atomic E-state index is 12.4. The number of likely N-dealkylation sites (tertiary alicyclic amines) is 1. The molecule has 1 aromatic carbocycles. The van der Waals surface area contributed by atoms with Crippen molar-refractivity contribution in [2.45, 2.75) is 12.8 Å². The molecule has 0 aliphatic carbocycles. The van der Waals surface area contributed by atoms with E-state index in [2.05, 4.69) is 0 Å². The van der Waals surface area contributed by atoms with Gasteiger partial charge in [0, 0.05) is 19.2 Å². The molecule has 0 N–H and O–H groups in total. The van der Waals surface area contributed by atoms with Gasteiger partial charge in [0.25, 0.3) is 5.91 Å². The fraction of sp³-hybridized carbons (Fsp3) is 0.316. The lowest BCUT2D eigenvalue weighted by Crippen LogP contribution is -2.29. The molecule has 3 rings (SSSR count). The van der Waals surface area contributed by atoms with E-state index in [-0.39, 0.29) is 11.9 Å². The highest BCUT2D eigenvalue weighted by Gasteiger charge is 2.27. The first-order chi connectivity index (χ1) is 12.1. The lowest BCUT2D eigenvalue weighted by Gasteiger charge is -2.16. The van der Waals surface area contributed by atoms with Crippen molar-refractivity contribution in [3.8, 4) is 0 Å². The molecule has 1 unspecified atom stereocenters. The molecular formula is C19H19NO5. The summed E-state index contributed by atoms with van der Waals surface area (Å²) in [5.41, 5.74) is 1.49. The Bertz CT molecular complexity index is 821. The van der Waals surface area contributed by atoms with Crippen molar-refractivity contribution in [2.24, 2.45) is 5.92 Å². The molecule has 1 saturated heterocycles. The first kappa shape index (κ1) is 17.0. The van der Waals surface area contributed by atoms with Crippen LogP contribution < -0.4 is 5.63 Å². The van der Waals surface area contributed by atoms with Crippen LogP contribution in [0.25, 0.3) is 0 Å². The van der Waals surface area contributed by atoms with Gasteiger partial charge in [0.1, 0.15) is 6.26 Å². The van der Waals surface area contributed by atoms with E-state index in [9.17, 15) is 14.4 Å². The second kappa shape index (κ2) is 7.34. The minimum Gasteiger partial charge on any atom is -0.465 e. The Kier molecular flexibility index (Phi) is 4.97. The van der Waals surface area contributed by atoms with Gasteiger partial charge in [-0.15, -0.1) is 0 Å². The third-order valence-electron chi connectivity index (χ3n) is 4.39. The predicted octanol–water partition coefficient (Wildman–Crippen LogP) is 2.13. The summed E-state index contributed by atoms with van der Waals surface area (Å²) < 4.78 is 9.51. The quantitative estimate of drug-likeness (QED) is 0.796. The standard InChI is InChI=1S/C19H19NO5/c1-24-19(23)15-4-2-3-13(10-15)9-14-7-8-20(11-14)18(22)16-5-6-17(21)25-12-16/h2-6,10,12,14H,7-9,11H2,1H3. The summed E-state index contributed by atoms with van der Waals surface area (Å²) >= 11 is 0. The number of benzene rings is 1. The average molecular weight is 341 g/mol. The van der Waals surface area contributed by atoms with Gasteiger partial charge in [0.05, 0.1) is 18.2 Å². The van der Waals surface area contributed by atoms with E-state index in [0.29, 0.717) is 30.1 Å².